The summed E-state index contributed by atoms with van der Waals surface area (Å²) in [5.41, 5.74) is 1.21. The highest BCUT2D eigenvalue weighted by atomic mass is 16.3. The molecular formula is C15H26N4O. The molecule has 0 aliphatic heterocycles. The zero-order chi connectivity index (χ0) is 14.4. The van der Waals surface area contributed by atoms with E-state index >= 15 is 0 Å². The Morgan fingerprint density at radius 1 is 1.40 bits per heavy atom. The van der Waals surface area contributed by atoms with Gasteiger partial charge in [-0.3, -0.25) is 0 Å². The van der Waals surface area contributed by atoms with Crippen LogP contribution in [0, 0.1) is 0 Å². The van der Waals surface area contributed by atoms with Crippen LogP contribution in [-0.4, -0.2) is 41.3 Å². The van der Waals surface area contributed by atoms with Crippen LogP contribution in [0.4, 0.5) is 11.6 Å². The van der Waals surface area contributed by atoms with Crippen molar-refractivity contribution < 1.29 is 5.11 Å². The van der Waals surface area contributed by atoms with Gasteiger partial charge in [0.05, 0.1) is 0 Å². The third-order valence-corrected chi connectivity index (χ3v) is 4.00. The second kappa shape index (κ2) is 7.43. The molecule has 0 spiro atoms. The van der Waals surface area contributed by atoms with E-state index in [0.29, 0.717) is 6.04 Å². The smallest absolute Gasteiger partial charge is 0.137 e. The fraction of sp³-hybridized carbons (Fsp3) is 0.733. The predicted molar refractivity (Wildman–Crippen MR) is 82.3 cm³/mol. The molecule has 1 aromatic rings. The number of aromatic nitrogens is 2. The summed E-state index contributed by atoms with van der Waals surface area (Å²) < 4.78 is 0. The summed E-state index contributed by atoms with van der Waals surface area (Å²) in [7, 11) is 1.91. The van der Waals surface area contributed by atoms with Crippen LogP contribution in [0.25, 0.3) is 0 Å². The highest BCUT2D eigenvalue weighted by Crippen LogP contribution is 2.32. The summed E-state index contributed by atoms with van der Waals surface area (Å²) in [5.74, 6) is 1.99. The fourth-order valence-electron chi connectivity index (χ4n) is 2.75. The first-order valence-corrected chi connectivity index (χ1v) is 7.71. The number of aliphatic hydroxyl groups excluding tert-OH is 1. The molecule has 0 amide bonds. The van der Waals surface area contributed by atoms with E-state index in [2.05, 4.69) is 27.1 Å². The first-order valence-electron chi connectivity index (χ1n) is 7.71. The molecule has 2 rings (SSSR count). The molecule has 1 saturated carbocycles. The summed E-state index contributed by atoms with van der Waals surface area (Å²) in [6.45, 7) is 3.28. The molecule has 112 valence electrons. The van der Waals surface area contributed by atoms with Crippen molar-refractivity contribution in [2.75, 3.05) is 30.4 Å². The van der Waals surface area contributed by atoms with Crippen molar-refractivity contribution in [1.29, 1.82) is 0 Å². The van der Waals surface area contributed by atoms with E-state index < -0.39 is 0 Å². The molecule has 5 heteroatoms. The fourth-order valence-corrected chi connectivity index (χ4v) is 2.75. The molecule has 1 aliphatic carbocycles. The van der Waals surface area contributed by atoms with Crippen LogP contribution >= 0.6 is 0 Å². The first-order chi connectivity index (χ1) is 9.81. The highest BCUT2D eigenvalue weighted by Gasteiger charge is 2.28. The Hall–Kier alpha value is -1.36. The van der Waals surface area contributed by atoms with E-state index in [0.717, 1.165) is 37.4 Å². The van der Waals surface area contributed by atoms with Gasteiger partial charge in [-0.1, -0.05) is 13.3 Å². The van der Waals surface area contributed by atoms with Crippen molar-refractivity contribution in [2.24, 2.45) is 0 Å². The lowest BCUT2D eigenvalue weighted by molar-refractivity contribution is 0.282. The van der Waals surface area contributed by atoms with Crippen LogP contribution in [0.15, 0.2) is 6.33 Å². The van der Waals surface area contributed by atoms with Crippen LogP contribution in [0.2, 0.25) is 0 Å². The van der Waals surface area contributed by atoms with Crippen LogP contribution in [0.5, 0.6) is 0 Å². The van der Waals surface area contributed by atoms with Crippen molar-refractivity contribution >= 4 is 11.6 Å². The van der Waals surface area contributed by atoms with E-state index in [1.165, 1.54) is 24.8 Å². The van der Waals surface area contributed by atoms with Gasteiger partial charge >= 0.3 is 0 Å². The van der Waals surface area contributed by atoms with Gasteiger partial charge in [-0.15, -0.1) is 0 Å². The average Bonchev–Trinajstić information content (AvgIpc) is 2.42. The molecule has 0 radical (unpaired) electrons. The maximum atomic E-state index is 9.14. The molecule has 2 N–H and O–H groups in total. The molecular weight excluding hydrogens is 252 g/mol. The van der Waals surface area contributed by atoms with Crippen molar-refractivity contribution in [3.8, 4) is 0 Å². The Bertz CT molecular complexity index is 420. The quantitative estimate of drug-likeness (QED) is 0.763. The van der Waals surface area contributed by atoms with E-state index in [1.54, 1.807) is 6.33 Å². The van der Waals surface area contributed by atoms with Crippen LogP contribution in [-0.2, 0) is 6.42 Å². The second-order valence-electron chi connectivity index (χ2n) is 5.38. The monoisotopic (exact) mass is 278 g/mol. The lowest BCUT2D eigenvalue weighted by atomic mass is 9.91. The molecule has 0 atom stereocenters. The second-order valence-corrected chi connectivity index (χ2v) is 5.38. The Morgan fingerprint density at radius 2 is 2.20 bits per heavy atom. The Morgan fingerprint density at radius 3 is 2.75 bits per heavy atom. The minimum Gasteiger partial charge on any atom is -0.396 e. The number of rotatable bonds is 8. The van der Waals surface area contributed by atoms with E-state index in [1.807, 2.05) is 7.05 Å². The van der Waals surface area contributed by atoms with Gasteiger partial charge < -0.3 is 15.3 Å². The molecule has 1 aliphatic rings. The number of hydrogen-bond donors (Lipinski definition) is 2. The van der Waals surface area contributed by atoms with Gasteiger partial charge in [0.1, 0.15) is 18.0 Å². The van der Waals surface area contributed by atoms with Gasteiger partial charge in [-0.25, -0.2) is 9.97 Å². The summed E-state index contributed by atoms with van der Waals surface area (Å²) in [5, 5.41) is 12.3. The number of hydrogen-bond acceptors (Lipinski definition) is 5. The highest BCUT2D eigenvalue weighted by molar-refractivity contribution is 5.59. The maximum Gasteiger partial charge on any atom is 0.137 e. The van der Waals surface area contributed by atoms with Crippen LogP contribution in [0.1, 0.15) is 44.6 Å². The Balaban J connectivity index is 2.30. The number of nitrogens with one attached hydrogen (secondary N) is 1. The van der Waals surface area contributed by atoms with E-state index in [9.17, 15) is 0 Å². The van der Waals surface area contributed by atoms with Gasteiger partial charge in [0.25, 0.3) is 0 Å². The standard InChI is InChI=1S/C15H26N4O/c1-3-6-13-14(16-2)17-11-18-15(13)19(9-5-10-20)12-7-4-8-12/h11-12,20H,3-10H2,1-2H3,(H,16,17,18). The maximum absolute atomic E-state index is 9.14. The third-order valence-electron chi connectivity index (χ3n) is 4.00. The van der Waals surface area contributed by atoms with Crippen molar-refractivity contribution in [1.82, 2.24) is 9.97 Å². The van der Waals surface area contributed by atoms with Crippen molar-refractivity contribution in [2.45, 2.75) is 51.5 Å². The van der Waals surface area contributed by atoms with Gasteiger partial charge in [-0.05, 0) is 32.1 Å². The van der Waals surface area contributed by atoms with Gasteiger partial charge in [0.15, 0.2) is 0 Å². The largest absolute Gasteiger partial charge is 0.396 e. The number of aliphatic hydroxyl groups is 1. The first kappa shape index (κ1) is 15.0. The molecule has 0 aromatic carbocycles. The zero-order valence-corrected chi connectivity index (χ0v) is 12.6. The van der Waals surface area contributed by atoms with Gasteiger partial charge in [-0.2, -0.15) is 0 Å². The molecule has 1 aromatic heterocycles. The topological polar surface area (TPSA) is 61.3 Å². The molecule has 0 unspecified atom stereocenters. The number of anilines is 2. The summed E-state index contributed by atoms with van der Waals surface area (Å²) in [6, 6.07) is 0.580. The number of nitrogens with zero attached hydrogens (tertiary/aromatic N) is 3. The van der Waals surface area contributed by atoms with Gasteiger partial charge in [0, 0.05) is 31.8 Å². The molecule has 0 bridgehead atoms. The van der Waals surface area contributed by atoms with E-state index in [-0.39, 0.29) is 6.61 Å². The summed E-state index contributed by atoms with van der Waals surface area (Å²) >= 11 is 0. The Kier molecular flexibility index (Phi) is 5.59. The Labute approximate surface area is 121 Å². The zero-order valence-electron chi connectivity index (χ0n) is 12.6. The van der Waals surface area contributed by atoms with Crippen LogP contribution in [0.3, 0.4) is 0 Å². The predicted octanol–water partition coefficient (Wildman–Crippen LogP) is 2.21. The van der Waals surface area contributed by atoms with Crippen molar-refractivity contribution in [3.05, 3.63) is 11.9 Å². The minimum atomic E-state index is 0.232. The minimum absolute atomic E-state index is 0.232. The molecule has 5 nitrogen and oxygen atoms in total. The molecule has 1 heterocycles. The normalized spacial score (nSPS) is 14.9. The van der Waals surface area contributed by atoms with Gasteiger partial charge in [0.2, 0.25) is 0 Å². The summed E-state index contributed by atoms with van der Waals surface area (Å²) in [4.78, 5) is 11.3. The molecule has 20 heavy (non-hydrogen) atoms. The average molecular weight is 278 g/mol. The SMILES string of the molecule is CCCc1c(NC)ncnc1N(CCCO)C1CCC1. The molecule has 0 saturated heterocycles. The third kappa shape index (κ3) is 3.20. The lowest BCUT2D eigenvalue weighted by Crippen LogP contribution is -2.42. The van der Waals surface area contributed by atoms with Crippen molar-refractivity contribution in [3.63, 3.8) is 0 Å². The van der Waals surface area contributed by atoms with Crippen LogP contribution < -0.4 is 10.2 Å². The van der Waals surface area contributed by atoms with E-state index in [4.69, 9.17) is 5.11 Å². The molecule has 1 fully saturated rings. The lowest BCUT2D eigenvalue weighted by Gasteiger charge is -2.39. The summed E-state index contributed by atoms with van der Waals surface area (Å²) in [6.07, 6.45) is 8.26.